The molecule has 0 atom stereocenters. The highest BCUT2D eigenvalue weighted by molar-refractivity contribution is 7.91. The highest BCUT2D eigenvalue weighted by Gasteiger charge is 2.03. The lowest BCUT2D eigenvalue weighted by molar-refractivity contribution is 0.602. The topological polar surface area (TPSA) is 34.1 Å². The first kappa shape index (κ1) is 10.4. The molecule has 11 heavy (non-hydrogen) atoms. The van der Waals surface area contributed by atoms with Gasteiger partial charge in [0.1, 0.15) is 0 Å². The largest absolute Gasteiger partial charge is 0.228 e. The second-order valence-corrected chi connectivity index (χ2v) is 4.37. The maximum absolute atomic E-state index is 11.0. The fraction of sp³-hybridized carbons (Fsp3) is 0.500. The highest BCUT2D eigenvalue weighted by Crippen LogP contribution is 1.92. The van der Waals surface area contributed by atoms with Gasteiger partial charge in [-0.1, -0.05) is 24.3 Å². The molecule has 0 aromatic heterocycles. The van der Waals surface area contributed by atoms with Gasteiger partial charge in [-0.25, -0.2) is 8.42 Å². The molecule has 0 radical (unpaired) electrons. The zero-order valence-corrected chi connectivity index (χ0v) is 7.76. The summed E-state index contributed by atoms with van der Waals surface area (Å²) in [5.74, 6) is 0.293. The van der Waals surface area contributed by atoms with E-state index in [1.54, 1.807) is 24.3 Å². The normalized spacial score (nSPS) is 13.3. The number of rotatable bonds is 4. The number of allylic oxidation sites excluding steroid dienone is 2. The van der Waals surface area contributed by atoms with Gasteiger partial charge in [-0.05, 0) is 13.8 Å². The van der Waals surface area contributed by atoms with E-state index >= 15 is 0 Å². The molecular formula is C8H14O2S. The van der Waals surface area contributed by atoms with Crippen LogP contribution in [-0.4, -0.2) is 19.9 Å². The zero-order valence-electron chi connectivity index (χ0n) is 6.95. The van der Waals surface area contributed by atoms with Crippen molar-refractivity contribution in [1.82, 2.24) is 0 Å². The van der Waals surface area contributed by atoms with Crippen molar-refractivity contribution in [2.24, 2.45) is 0 Å². The molecule has 64 valence electrons. The van der Waals surface area contributed by atoms with Crippen molar-refractivity contribution in [3.8, 4) is 0 Å². The van der Waals surface area contributed by atoms with E-state index in [1.807, 2.05) is 13.8 Å². The molecule has 0 amide bonds. The second-order valence-electron chi connectivity index (χ2n) is 2.21. The van der Waals surface area contributed by atoms with Crippen molar-refractivity contribution in [2.75, 3.05) is 11.5 Å². The Balaban J connectivity index is 4.02. The van der Waals surface area contributed by atoms with Gasteiger partial charge in [-0.2, -0.15) is 0 Å². The van der Waals surface area contributed by atoms with E-state index in [4.69, 9.17) is 0 Å². The van der Waals surface area contributed by atoms with Gasteiger partial charge in [0, 0.05) is 0 Å². The molecular weight excluding hydrogens is 160 g/mol. The Hall–Kier alpha value is -0.570. The molecule has 0 spiro atoms. The smallest absolute Gasteiger partial charge is 0.157 e. The molecule has 0 aliphatic carbocycles. The summed E-state index contributed by atoms with van der Waals surface area (Å²) in [5.41, 5.74) is 0. The summed E-state index contributed by atoms with van der Waals surface area (Å²) in [6.07, 6.45) is 6.79. The van der Waals surface area contributed by atoms with Crippen molar-refractivity contribution in [3.05, 3.63) is 24.3 Å². The van der Waals surface area contributed by atoms with Gasteiger partial charge in [0.05, 0.1) is 11.5 Å². The molecule has 3 heteroatoms. The minimum absolute atomic E-state index is 0.147. The molecule has 0 aromatic carbocycles. The van der Waals surface area contributed by atoms with Crippen LogP contribution < -0.4 is 0 Å². The van der Waals surface area contributed by atoms with E-state index in [0.717, 1.165) is 0 Å². The summed E-state index contributed by atoms with van der Waals surface area (Å²) in [7, 11) is -2.88. The first-order valence-electron chi connectivity index (χ1n) is 3.55. The fourth-order valence-corrected chi connectivity index (χ4v) is 1.66. The maximum atomic E-state index is 11.0. The van der Waals surface area contributed by atoms with Gasteiger partial charge in [0.2, 0.25) is 0 Å². The third-order valence-electron chi connectivity index (χ3n) is 1.17. The predicted octanol–water partition coefficient (Wildman–Crippen LogP) is 1.55. The van der Waals surface area contributed by atoms with Crippen LogP contribution in [0.5, 0.6) is 0 Å². The maximum Gasteiger partial charge on any atom is 0.157 e. The predicted molar refractivity (Wildman–Crippen MR) is 48.3 cm³/mol. The molecule has 0 saturated carbocycles. The molecule has 0 bridgehead atoms. The quantitative estimate of drug-likeness (QED) is 0.606. The average Bonchev–Trinajstić information content (AvgIpc) is 1.97. The summed E-state index contributed by atoms with van der Waals surface area (Å²) in [5, 5.41) is 0. The molecule has 0 N–H and O–H groups in total. The minimum Gasteiger partial charge on any atom is -0.228 e. The molecule has 0 unspecified atom stereocenters. The van der Waals surface area contributed by atoms with Crippen LogP contribution in [0.15, 0.2) is 24.3 Å². The van der Waals surface area contributed by atoms with Crippen molar-refractivity contribution < 1.29 is 8.42 Å². The number of sulfone groups is 1. The Labute approximate surface area is 68.5 Å². The lowest BCUT2D eigenvalue weighted by atomic mass is 10.6. The molecule has 0 aliphatic rings. The van der Waals surface area contributed by atoms with Crippen LogP contribution in [0, 0.1) is 0 Å². The average molecular weight is 174 g/mol. The lowest BCUT2D eigenvalue weighted by Gasteiger charge is -1.93. The van der Waals surface area contributed by atoms with Gasteiger partial charge in [0.25, 0.3) is 0 Å². The van der Waals surface area contributed by atoms with Crippen LogP contribution in [-0.2, 0) is 9.84 Å². The van der Waals surface area contributed by atoms with Gasteiger partial charge in [-0.15, -0.1) is 0 Å². The van der Waals surface area contributed by atoms with Gasteiger partial charge >= 0.3 is 0 Å². The highest BCUT2D eigenvalue weighted by atomic mass is 32.2. The molecule has 0 fully saturated rings. The monoisotopic (exact) mass is 174 g/mol. The molecule has 2 nitrogen and oxygen atoms in total. The van der Waals surface area contributed by atoms with Crippen LogP contribution in [0.3, 0.4) is 0 Å². The molecule has 0 aromatic rings. The van der Waals surface area contributed by atoms with Crippen LogP contribution in [0.1, 0.15) is 13.8 Å². The Morgan fingerprint density at radius 1 is 1.00 bits per heavy atom. The number of hydrogen-bond acceptors (Lipinski definition) is 2. The van der Waals surface area contributed by atoms with Crippen molar-refractivity contribution in [3.63, 3.8) is 0 Å². The first-order valence-corrected chi connectivity index (χ1v) is 5.37. The van der Waals surface area contributed by atoms with E-state index in [2.05, 4.69) is 0 Å². The summed E-state index contributed by atoms with van der Waals surface area (Å²) in [6.45, 7) is 3.62. The molecule has 0 heterocycles. The van der Waals surface area contributed by atoms with E-state index in [0.29, 0.717) is 0 Å². The van der Waals surface area contributed by atoms with Crippen molar-refractivity contribution in [1.29, 1.82) is 0 Å². The van der Waals surface area contributed by atoms with Crippen molar-refractivity contribution in [2.45, 2.75) is 13.8 Å². The zero-order chi connectivity index (χ0) is 8.74. The second kappa shape index (κ2) is 5.13. The third-order valence-corrected chi connectivity index (χ3v) is 2.57. The third kappa shape index (κ3) is 5.85. The Morgan fingerprint density at radius 2 is 1.36 bits per heavy atom. The Kier molecular flexibility index (Phi) is 4.86. The van der Waals surface area contributed by atoms with Gasteiger partial charge < -0.3 is 0 Å². The van der Waals surface area contributed by atoms with Crippen LogP contribution in [0.2, 0.25) is 0 Å². The summed E-state index contributed by atoms with van der Waals surface area (Å²) < 4.78 is 22.1. The Bertz CT molecular complexity index is 215. The minimum atomic E-state index is -2.88. The van der Waals surface area contributed by atoms with E-state index in [1.165, 1.54) is 0 Å². The summed E-state index contributed by atoms with van der Waals surface area (Å²) in [6, 6.07) is 0. The standard InChI is InChI=1S/C8H14O2S/c1-3-5-7-11(9,10)8-6-4-2/h3-6H,7-8H2,1-2H3/b5-3-,6-4-. The SMILES string of the molecule is C/C=C\CS(=O)(=O)C/C=C\C. The van der Waals surface area contributed by atoms with E-state index in [9.17, 15) is 8.42 Å². The van der Waals surface area contributed by atoms with E-state index in [-0.39, 0.29) is 11.5 Å². The van der Waals surface area contributed by atoms with Crippen LogP contribution >= 0.6 is 0 Å². The molecule has 0 rings (SSSR count). The fourth-order valence-electron chi connectivity index (χ4n) is 0.554. The van der Waals surface area contributed by atoms with Crippen LogP contribution in [0.25, 0.3) is 0 Å². The molecule has 0 saturated heterocycles. The van der Waals surface area contributed by atoms with Crippen LogP contribution in [0.4, 0.5) is 0 Å². The van der Waals surface area contributed by atoms with Crippen molar-refractivity contribution >= 4 is 9.84 Å². The summed E-state index contributed by atoms with van der Waals surface area (Å²) in [4.78, 5) is 0. The Morgan fingerprint density at radius 3 is 1.64 bits per heavy atom. The van der Waals surface area contributed by atoms with E-state index < -0.39 is 9.84 Å². The summed E-state index contributed by atoms with van der Waals surface area (Å²) >= 11 is 0. The van der Waals surface area contributed by atoms with Gasteiger partial charge in [0.15, 0.2) is 9.84 Å². The first-order chi connectivity index (χ1) is 5.12. The van der Waals surface area contributed by atoms with Gasteiger partial charge in [-0.3, -0.25) is 0 Å². The lowest BCUT2D eigenvalue weighted by Crippen LogP contribution is -2.06. The molecule has 0 aliphatic heterocycles. The number of hydrogen-bond donors (Lipinski definition) is 0.